The molecule has 16 heavy (non-hydrogen) atoms. The van der Waals surface area contributed by atoms with Crippen LogP contribution in [0.15, 0.2) is 0 Å². The van der Waals surface area contributed by atoms with Crippen molar-refractivity contribution in [3.05, 3.63) is 0 Å². The van der Waals surface area contributed by atoms with Crippen LogP contribution in [0.5, 0.6) is 0 Å². The minimum Gasteiger partial charge on any atom is -0.465 e. The van der Waals surface area contributed by atoms with Crippen molar-refractivity contribution >= 4 is 6.09 Å². The van der Waals surface area contributed by atoms with Gasteiger partial charge in [0, 0.05) is 19.9 Å². The van der Waals surface area contributed by atoms with Crippen molar-refractivity contribution in [1.29, 1.82) is 0 Å². The van der Waals surface area contributed by atoms with E-state index in [1.807, 2.05) is 0 Å². The van der Waals surface area contributed by atoms with Crippen molar-refractivity contribution in [2.45, 2.75) is 46.0 Å². The Hall–Kier alpha value is -0.770. The summed E-state index contributed by atoms with van der Waals surface area (Å²) in [5.74, 6) is -1.92. The topological polar surface area (TPSA) is 66.6 Å². The largest absolute Gasteiger partial charge is 0.465 e. The van der Waals surface area contributed by atoms with Gasteiger partial charge in [-0.05, 0) is 24.1 Å². The fraction of sp³-hybridized carbons (Fsp3) is 0.917. The zero-order valence-corrected chi connectivity index (χ0v) is 10.3. The third-order valence-electron chi connectivity index (χ3n) is 3.11. The molecule has 1 amide bonds. The predicted molar refractivity (Wildman–Crippen MR) is 64.4 cm³/mol. The molecule has 1 heterocycles. The first-order chi connectivity index (χ1) is 9.10. The van der Waals surface area contributed by atoms with Crippen LogP contribution in [0.1, 0.15) is 47.3 Å². The lowest BCUT2D eigenvalue weighted by molar-refractivity contribution is -0.0324. The van der Waals surface area contributed by atoms with Gasteiger partial charge in [-0.25, -0.2) is 4.79 Å². The molecule has 1 aliphatic rings. The van der Waals surface area contributed by atoms with Crippen LogP contribution in [0.2, 0.25) is 0 Å². The second kappa shape index (κ2) is 4.24. The Morgan fingerprint density at radius 3 is 2.69 bits per heavy atom. The minimum absolute atomic E-state index is 0.370. The summed E-state index contributed by atoms with van der Waals surface area (Å²) in [4.78, 5) is 12.5. The molecule has 0 unspecified atom stereocenters. The molecular formula is C12H24N2O2. The molecule has 0 aromatic rings. The zero-order chi connectivity index (χ0) is 17.1. The maximum atomic E-state index is 11.7. The smallest absolute Gasteiger partial charge is 0.407 e. The van der Waals surface area contributed by atoms with Gasteiger partial charge in [0.15, 0.2) is 0 Å². The van der Waals surface area contributed by atoms with Gasteiger partial charge in [-0.15, -0.1) is 0 Å². The fourth-order valence-electron chi connectivity index (χ4n) is 1.98. The van der Waals surface area contributed by atoms with Crippen LogP contribution in [-0.4, -0.2) is 34.7 Å². The Morgan fingerprint density at radius 2 is 2.31 bits per heavy atom. The van der Waals surface area contributed by atoms with Crippen LogP contribution in [0.25, 0.3) is 0 Å². The van der Waals surface area contributed by atoms with Gasteiger partial charge in [-0.2, -0.15) is 0 Å². The summed E-state index contributed by atoms with van der Waals surface area (Å²) in [5.41, 5.74) is 3.05. The molecule has 94 valence electrons. The Balaban J connectivity index is 3.75. The standard InChI is InChI=1S/C12H24N2O2/c1-9-5-6-12(8-13,11(2,3)4)14(7-9)10(15)16/h9H,5-8,13H2,1-4H3,(H,15,16)/t9-,12-/m0/s1/i5D2,6D2,9D. The van der Waals surface area contributed by atoms with Gasteiger partial charge in [0.05, 0.1) is 5.54 Å². The Kier molecular flexibility index (Phi) is 2.00. The molecule has 0 bridgehead atoms. The van der Waals surface area contributed by atoms with Crippen LogP contribution >= 0.6 is 0 Å². The van der Waals surface area contributed by atoms with Crippen LogP contribution in [0.4, 0.5) is 4.79 Å². The highest BCUT2D eigenvalue weighted by atomic mass is 16.4. The third-order valence-corrected chi connectivity index (χ3v) is 3.11. The number of nitrogens with two attached hydrogens (primary N) is 1. The average molecular weight is 233 g/mol. The number of piperidine rings is 1. The van der Waals surface area contributed by atoms with E-state index in [2.05, 4.69) is 0 Å². The first kappa shape index (κ1) is 7.54. The molecule has 0 spiro atoms. The molecule has 0 aliphatic carbocycles. The molecule has 0 saturated carbocycles. The van der Waals surface area contributed by atoms with Crippen LogP contribution in [0.3, 0.4) is 0 Å². The van der Waals surface area contributed by atoms with Gasteiger partial charge >= 0.3 is 6.09 Å². The van der Waals surface area contributed by atoms with E-state index in [-0.39, 0.29) is 6.54 Å². The maximum absolute atomic E-state index is 11.7. The van der Waals surface area contributed by atoms with Crippen molar-refractivity contribution < 1.29 is 16.8 Å². The van der Waals surface area contributed by atoms with E-state index >= 15 is 0 Å². The monoisotopic (exact) mass is 233 g/mol. The van der Waals surface area contributed by atoms with Crippen LogP contribution < -0.4 is 5.73 Å². The lowest BCUT2D eigenvalue weighted by atomic mass is 9.67. The second-order valence-electron chi connectivity index (χ2n) is 5.21. The Labute approximate surface area is 105 Å². The number of likely N-dealkylation sites (tertiary alicyclic amines) is 1. The third kappa shape index (κ3) is 2.03. The summed E-state index contributed by atoms with van der Waals surface area (Å²) in [6, 6.07) is 0. The lowest BCUT2D eigenvalue weighted by Gasteiger charge is -2.54. The zero-order valence-electron chi connectivity index (χ0n) is 15.3. The van der Waals surface area contributed by atoms with E-state index in [4.69, 9.17) is 12.6 Å². The van der Waals surface area contributed by atoms with E-state index in [0.29, 0.717) is 0 Å². The molecule has 1 saturated heterocycles. The molecule has 1 rings (SSSR count). The normalized spacial score (nSPS) is 47.1. The number of rotatable bonds is 1. The first-order valence-corrected chi connectivity index (χ1v) is 5.31. The minimum atomic E-state index is -2.62. The molecule has 1 aliphatic heterocycles. The maximum Gasteiger partial charge on any atom is 0.407 e. The predicted octanol–water partition coefficient (Wildman–Crippen LogP) is 2.14. The summed E-state index contributed by atoms with van der Waals surface area (Å²) in [6.45, 7) is 5.31. The fourth-order valence-corrected chi connectivity index (χ4v) is 1.98. The van der Waals surface area contributed by atoms with Gasteiger partial charge in [-0.1, -0.05) is 27.7 Å². The van der Waals surface area contributed by atoms with Gasteiger partial charge < -0.3 is 15.7 Å². The van der Waals surface area contributed by atoms with Crippen molar-refractivity contribution in [3.63, 3.8) is 0 Å². The first-order valence-electron chi connectivity index (χ1n) is 7.81. The molecule has 2 atom stereocenters. The van der Waals surface area contributed by atoms with E-state index in [0.717, 1.165) is 4.90 Å². The van der Waals surface area contributed by atoms with E-state index < -0.39 is 42.2 Å². The number of nitrogens with zero attached hydrogens (tertiary/aromatic N) is 1. The summed E-state index contributed by atoms with van der Waals surface area (Å²) < 4.78 is 41.1. The van der Waals surface area contributed by atoms with Gasteiger partial charge in [0.25, 0.3) is 0 Å². The van der Waals surface area contributed by atoms with E-state index in [1.54, 1.807) is 20.8 Å². The molecular weight excluding hydrogens is 204 g/mol. The molecule has 4 nitrogen and oxygen atoms in total. The number of amides is 1. The van der Waals surface area contributed by atoms with E-state index in [1.165, 1.54) is 6.92 Å². The lowest BCUT2D eigenvalue weighted by Crippen LogP contribution is -2.66. The number of carboxylic acid groups (broad SMARTS) is 1. The van der Waals surface area contributed by atoms with Crippen LogP contribution in [0, 0.1) is 11.3 Å². The summed E-state index contributed by atoms with van der Waals surface area (Å²) in [5, 5.41) is 9.50. The highest BCUT2D eigenvalue weighted by Gasteiger charge is 2.50. The average Bonchev–Trinajstić information content (AvgIpc) is 2.24. The molecule has 1 fully saturated rings. The van der Waals surface area contributed by atoms with Crippen molar-refractivity contribution in [1.82, 2.24) is 4.90 Å². The van der Waals surface area contributed by atoms with E-state index in [9.17, 15) is 9.90 Å². The quantitative estimate of drug-likeness (QED) is 0.729. The molecule has 0 aromatic heterocycles. The van der Waals surface area contributed by atoms with Crippen molar-refractivity contribution in [2.24, 2.45) is 17.0 Å². The van der Waals surface area contributed by atoms with Crippen molar-refractivity contribution in [2.75, 3.05) is 13.1 Å². The number of carbonyl (C=O) groups is 1. The molecule has 0 aromatic carbocycles. The summed E-state index contributed by atoms with van der Waals surface area (Å²) >= 11 is 0. The van der Waals surface area contributed by atoms with Crippen LogP contribution in [-0.2, 0) is 0 Å². The van der Waals surface area contributed by atoms with Crippen molar-refractivity contribution in [3.8, 4) is 0 Å². The SMILES string of the molecule is [2H]C1([2H])C([2H])([2H])[C@]([2H])(C)CN(C(=O)O)[C@@]1(CN)C(C)(C)C. The van der Waals surface area contributed by atoms with Gasteiger partial charge in [-0.3, -0.25) is 0 Å². The summed E-state index contributed by atoms with van der Waals surface area (Å²) in [7, 11) is 0. The Morgan fingerprint density at radius 1 is 1.75 bits per heavy atom. The molecule has 0 radical (unpaired) electrons. The van der Waals surface area contributed by atoms with Gasteiger partial charge in [0.2, 0.25) is 0 Å². The molecule has 4 heteroatoms. The summed E-state index contributed by atoms with van der Waals surface area (Å²) in [6.07, 6.45) is -6.58. The highest BCUT2D eigenvalue weighted by Crippen LogP contribution is 2.43. The number of hydrogen-bond donors (Lipinski definition) is 2. The van der Waals surface area contributed by atoms with Gasteiger partial charge in [0.1, 0.15) is 0 Å². The highest BCUT2D eigenvalue weighted by molar-refractivity contribution is 5.66. The second-order valence-corrected chi connectivity index (χ2v) is 5.21. The Bertz CT molecular complexity index is 447. The molecule has 3 N–H and O–H groups in total. The number of hydrogen-bond acceptors (Lipinski definition) is 2.